The van der Waals surface area contributed by atoms with Gasteiger partial charge in [-0.05, 0) is 60.7 Å². The van der Waals surface area contributed by atoms with Gasteiger partial charge in [0.1, 0.15) is 0 Å². The Kier molecular flexibility index (Phi) is 6.04. The molecule has 4 rings (SSSR count). The number of thioether (sulfide) groups is 1. The third-order valence-electron chi connectivity index (χ3n) is 4.80. The normalized spacial score (nSPS) is 19.4. The lowest BCUT2D eigenvalue weighted by Gasteiger charge is -2.32. The standard InChI is InChI=1S/C19H21N5O2S2/c25-17-16(28-19(26)23-17)10-14-3-6-21-18(22-14)24-7-4-13(5-8-24)11-20-12-15-2-1-9-27-15/h1-3,6,9-10,13,20H,4-5,7-8,11-12H2,(H,23,25,26)/b16-10-. The van der Waals surface area contributed by atoms with Crippen molar-refractivity contribution in [2.45, 2.75) is 19.4 Å². The highest BCUT2D eigenvalue weighted by Gasteiger charge is 2.25. The molecule has 0 unspecified atom stereocenters. The third-order valence-corrected chi connectivity index (χ3v) is 6.48. The Bertz CT molecular complexity index is 876. The first-order valence-electron chi connectivity index (χ1n) is 9.23. The predicted molar refractivity (Wildman–Crippen MR) is 112 cm³/mol. The molecule has 2 fully saturated rings. The lowest BCUT2D eigenvalue weighted by atomic mass is 9.97. The number of nitrogens with zero attached hydrogens (tertiary/aromatic N) is 3. The van der Waals surface area contributed by atoms with Gasteiger partial charge < -0.3 is 10.2 Å². The maximum absolute atomic E-state index is 11.7. The minimum atomic E-state index is -0.369. The molecule has 2 aliphatic rings. The van der Waals surface area contributed by atoms with Gasteiger partial charge in [0.15, 0.2) is 0 Å². The highest BCUT2D eigenvalue weighted by molar-refractivity contribution is 8.18. The Hall–Kier alpha value is -2.23. The van der Waals surface area contributed by atoms with Crippen LogP contribution in [0.5, 0.6) is 0 Å². The van der Waals surface area contributed by atoms with Gasteiger partial charge in [0.25, 0.3) is 11.1 Å². The van der Waals surface area contributed by atoms with Gasteiger partial charge in [-0.2, -0.15) is 0 Å². The van der Waals surface area contributed by atoms with Crippen LogP contribution in [0.1, 0.15) is 23.4 Å². The Labute approximate surface area is 171 Å². The van der Waals surface area contributed by atoms with Crippen molar-refractivity contribution in [3.63, 3.8) is 0 Å². The number of thiophene rings is 1. The van der Waals surface area contributed by atoms with Crippen LogP contribution < -0.4 is 15.5 Å². The molecular formula is C19H21N5O2S2. The second kappa shape index (κ2) is 8.85. The van der Waals surface area contributed by atoms with E-state index in [2.05, 4.69) is 43.0 Å². The minimum Gasteiger partial charge on any atom is -0.341 e. The summed E-state index contributed by atoms with van der Waals surface area (Å²) in [6.45, 7) is 3.79. The summed E-state index contributed by atoms with van der Waals surface area (Å²) in [5.41, 5.74) is 0.636. The number of hydrogen-bond donors (Lipinski definition) is 2. The van der Waals surface area contributed by atoms with E-state index >= 15 is 0 Å². The van der Waals surface area contributed by atoms with Crippen LogP contribution in [0.25, 0.3) is 6.08 Å². The molecule has 28 heavy (non-hydrogen) atoms. The zero-order chi connectivity index (χ0) is 19.3. The molecule has 2 saturated heterocycles. The number of amides is 2. The van der Waals surface area contributed by atoms with Gasteiger partial charge in [0.2, 0.25) is 5.95 Å². The quantitative estimate of drug-likeness (QED) is 0.702. The van der Waals surface area contributed by atoms with E-state index in [-0.39, 0.29) is 11.1 Å². The van der Waals surface area contributed by atoms with Gasteiger partial charge in [-0.1, -0.05) is 6.07 Å². The number of hydrogen-bond acceptors (Lipinski definition) is 8. The molecule has 0 saturated carbocycles. The largest absolute Gasteiger partial charge is 0.341 e. The topological polar surface area (TPSA) is 87.2 Å². The summed E-state index contributed by atoms with van der Waals surface area (Å²) in [6, 6.07) is 5.98. The van der Waals surface area contributed by atoms with Crippen LogP contribution in [-0.4, -0.2) is 40.7 Å². The highest BCUT2D eigenvalue weighted by atomic mass is 32.2. The number of anilines is 1. The number of carbonyl (C=O) groups is 2. The lowest BCUT2D eigenvalue weighted by molar-refractivity contribution is -0.115. The summed E-state index contributed by atoms with van der Waals surface area (Å²) in [5.74, 6) is 0.964. The fourth-order valence-corrected chi connectivity index (χ4v) is 4.64. The number of rotatable bonds is 6. The van der Waals surface area contributed by atoms with Gasteiger partial charge in [-0.15, -0.1) is 11.3 Å². The van der Waals surface area contributed by atoms with Crippen LogP contribution in [0, 0.1) is 5.92 Å². The van der Waals surface area contributed by atoms with Gasteiger partial charge >= 0.3 is 0 Å². The van der Waals surface area contributed by atoms with Crippen molar-refractivity contribution >= 4 is 46.3 Å². The van der Waals surface area contributed by atoms with E-state index in [1.807, 2.05) is 0 Å². The van der Waals surface area contributed by atoms with Crippen LogP contribution in [-0.2, 0) is 11.3 Å². The fraction of sp³-hybridized carbons (Fsp3) is 0.368. The molecular weight excluding hydrogens is 394 g/mol. The van der Waals surface area contributed by atoms with Crippen molar-refractivity contribution in [2.75, 3.05) is 24.5 Å². The average Bonchev–Trinajstić information content (AvgIpc) is 3.32. The molecule has 2 aromatic heterocycles. The fourth-order valence-electron chi connectivity index (χ4n) is 3.30. The molecule has 146 valence electrons. The number of carbonyl (C=O) groups excluding carboxylic acids is 2. The summed E-state index contributed by atoms with van der Waals surface area (Å²) >= 11 is 2.68. The molecule has 7 nitrogen and oxygen atoms in total. The number of nitrogens with one attached hydrogen (secondary N) is 2. The molecule has 4 heterocycles. The Morgan fingerprint density at radius 3 is 2.86 bits per heavy atom. The SMILES string of the molecule is O=C1NC(=O)/C(=C/c2ccnc(N3CCC(CNCc4cccs4)CC3)n2)S1. The van der Waals surface area contributed by atoms with Crippen LogP contribution in [0.4, 0.5) is 10.7 Å². The van der Waals surface area contributed by atoms with Crippen LogP contribution in [0.3, 0.4) is 0 Å². The molecule has 2 aromatic rings. The van der Waals surface area contributed by atoms with E-state index < -0.39 is 0 Å². The number of piperidine rings is 1. The molecule has 2 amide bonds. The zero-order valence-corrected chi connectivity index (χ0v) is 16.9. The summed E-state index contributed by atoms with van der Waals surface area (Å²) in [4.78, 5) is 35.8. The van der Waals surface area contributed by atoms with E-state index in [1.165, 1.54) is 4.88 Å². The third kappa shape index (κ3) is 4.78. The van der Waals surface area contributed by atoms with Crippen LogP contribution >= 0.6 is 23.1 Å². The van der Waals surface area contributed by atoms with E-state index in [4.69, 9.17) is 0 Å². The van der Waals surface area contributed by atoms with E-state index in [1.54, 1.807) is 29.7 Å². The molecule has 9 heteroatoms. The lowest BCUT2D eigenvalue weighted by Crippen LogP contribution is -2.38. The average molecular weight is 416 g/mol. The molecule has 0 aromatic carbocycles. The van der Waals surface area contributed by atoms with Crippen LogP contribution in [0.2, 0.25) is 0 Å². The maximum Gasteiger partial charge on any atom is 0.290 e. The molecule has 0 bridgehead atoms. The first kappa shape index (κ1) is 19.1. The first-order chi connectivity index (χ1) is 13.7. The van der Waals surface area contributed by atoms with Crippen molar-refractivity contribution in [3.8, 4) is 0 Å². The monoisotopic (exact) mass is 415 g/mol. The maximum atomic E-state index is 11.7. The molecule has 0 spiro atoms. The Morgan fingerprint density at radius 1 is 1.29 bits per heavy atom. The van der Waals surface area contributed by atoms with E-state index in [0.29, 0.717) is 22.5 Å². The highest BCUT2D eigenvalue weighted by Crippen LogP contribution is 2.26. The smallest absolute Gasteiger partial charge is 0.290 e. The minimum absolute atomic E-state index is 0.347. The van der Waals surface area contributed by atoms with Crippen molar-refractivity contribution in [1.82, 2.24) is 20.6 Å². The summed E-state index contributed by atoms with van der Waals surface area (Å²) < 4.78 is 0. The molecule has 0 radical (unpaired) electrons. The van der Waals surface area contributed by atoms with Crippen LogP contribution in [0.15, 0.2) is 34.7 Å². The van der Waals surface area contributed by atoms with Gasteiger partial charge in [0.05, 0.1) is 10.6 Å². The number of imide groups is 1. The number of aromatic nitrogens is 2. The van der Waals surface area contributed by atoms with E-state index in [9.17, 15) is 9.59 Å². The van der Waals surface area contributed by atoms with Crippen molar-refractivity contribution < 1.29 is 9.59 Å². The summed E-state index contributed by atoms with van der Waals surface area (Å²) in [6.07, 6.45) is 5.53. The Morgan fingerprint density at radius 2 is 2.14 bits per heavy atom. The molecule has 0 aliphatic carbocycles. The first-order valence-corrected chi connectivity index (χ1v) is 10.9. The second-order valence-corrected chi connectivity index (χ2v) is 8.82. The van der Waals surface area contributed by atoms with Gasteiger partial charge in [0, 0.05) is 30.7 Å². The summed E-state index contributed by atoms with van der Waals surface area (Å²) in [7, 11) is 0. The summed E-state index contributed by atoms with van der Waals surface area (Å²) in [5, 5.41) is 7.57. The van der Waals surface area contributed by atoms with Gasteiger partial charge in [-0.3, -0.25) is 14.9 Å². The van der Waals surface area contributed by atoms with Gasteiger partial charge in [-0.25, -0.2) is 9.97 Å². The Balaban J connectivity index is 1.30. The molecule has 2 aliphatic heterocycles. The second-order valence-electron chi connectivity index (χ2n) is 6.77. The molecule has 2 N–H and O–H groups in total. The van der Waals surface area contributed by atoms with Crippen molar-refractivity contribution in [1.29, 1.82) is 0 Å². The zero-order valence-electron chi connectivity index (χ0n) is 15.3. The molecule has 0 atom stereocenters. The van der Waals surface area contributed by atoms with Crippen molar-refractivity contribution in [3.05, 3.63) is 45.3 Å². The van der Waals surface area contributed by atoms with Crippen molar-refractivity contribution in [2.24, 2.45) is 5.92 Å². The van der Waals surface area contributed by atoms with E-state index in [0.717, 1.165) is 50.8 Å². The predicted octanol–water partition coefficient (Wildman–Crippen LogP) is 2.87.